The fourth-order valence-electron chi connectivity index (χ4n) is 19.9. The lowest BCUT2D eigenvalue weighted by Gasteiger charge is -2.23. The molecule has 12 aromatic carbocycles. The summed E-state index contributed by atoms with van der Waals surface area (Å²) < 4.78 is 78.0. The molecule has 6 fully saturated rings. The zero-order valence-corrected chi connectivity index (χ0v) is 73.2. The minimum Gasteiger partial charge on any atom is -0.508 e. The molecule has 24 rings (SSSR count). The number of carbonyl (C=O) groups excluding carboxylic acids is 12. The molecule has 6 spiro atoms. The number of phenolic OH excluding ortho intramolecular Hbond substituents is 1. The maximum absolute atomic E-state index is 14.2. The number of aryl methyl sites for hydroxylation is 5. The number of benzene rings is 12. The second kappa shape index (κ2) is 31.8. The van der Waals surface area contributed by atoms with Gasteiger partial charge in [0.15, 0.2) is 33.2 Å². The topological polar surface area (TPSA) is 391 Å². The van der Waals surface area contributed by atoms with Crippen LogP contribution in [0.5, 0.6) is 17.2 Å². The first-order valence-electron chi connectivity index (χ1n) is 41.8. The second-order valence-electron chi connectivity index (χ2n) is 34.1. The minimum atomic E-state index is -2.57. The van der Waals surface area contributed by atoms with Crippen molar-refractivity contribution in [1.29, 1.82) is 0 Å². The van der Waals surface area contributed by atoms with Gasteiger partial charge in [0.1, 0.15) is 48.0 Å². The first kappa shape index (κ1) is 87.1. The summed E-state index contributed by atoms with van der Waals surface area (Å²) in [6, 6.07) is 59.2. The number of urea groups is 6. The summed E-state index contributed by atoms with van der Waals surface area (Å²) in [6.07, 6.45) is -2.57. The first-order chi connectivity index (χ1) is 63.9. The van der Waals surface area contributed by atoms with E-state index in [0.717, 1.165) is 122 Å². The molecule has 6 unspecified atom stereocenters. The molecule has 0 radical (unpaired) electrons. The first-order valence-corrected chi connectivity index (χ1v) is 42.6. The minimum absolute atomic E-state index is 0.0617. The zero-order chi connectivity index (χ0) is 94.6. The molecule has 134 heavy (non-hydrogen) atoms. The molecule has 6 aliphatic carbocycles. The van der Waals surface area contributed by atoms with E-state index in [-0.39, 0.29) is 34.4 Å². The number of imide groups is 6. The molecule has 0 saturated carbocycles. The van der Waals surface area contributed by atoms with Crippen LogP contribution in [-0.2, 0) is 62.0 Å². The number of aromatic hydroxyl groups is 1. The highest BCUT2D eigenvalue weighted by Crippen LogP contribution is 2.57. The van der Waals surface area contributed by atoms with Crippen molar-refractivity contribution in [3.8, 4) is 84.0 Å². The molecule has 0 bridgehead atoms. The molecular formula is C100H75BrF5N13O15. The number of hydrogen-bond acceptors (Lipinski definition) is 16. The number of nitrogens with zero attached hydrogens (tertiary/aromatic N) is 1. The van der Waals surface area contributed by atoms with Gasteiger partial charge < -0.3 is 46.5 Å². The van der Waals surface area contributed by atoms with Crippen LogP contribution in [0.25, 0.3) is 66.8 Å². The lowest BCUT2D eigenvalue weighted by molar-refractivity contribution is -0.123. The van der Waals surface area contributed by atoms with Crippen LogP contribution in [0.2, 0.25) is 0 Å². The number of amides is 18. The van der Waals surface area contributed by atoms with Crippen LogP contribution >= 0.6 is 15.9 Å². The lowest BCUT2D eigenvalue weighted by Crippen LogP contribution is -2.43. The Bertz CT molecular complexity index is 6920. The fourth-order valence-corrected chi connectivity index (χ4v) is 20.3. The maximum Gasteiger partial charge on any atom is 0.322 e. The number of halogens is 6. The van der Waals surface area contributed by atoms with Gasteiger partial charge in [-0.05, 0) is 228 Å². The van der Waals surface area contributed by atoms with Crippen molar-refractivity contribution >= 4 is 87.6 Å². The number of ether oxygens (including phenoxy) is 2. The molecule has 12 aliphatic rings. The Morgan fingerprint density at radius 1 is 0.313 bits per heavy atom. The summed E-state index contributed by atoms with van der Waals surface area (Å²) in [4.78, 5) is 147. The number of hydrogen-bond donors (Lipinski definition) is 13. The summed E-state index contributed by atoms with van der Waals surface area (Å²) in [5.74, 6) is -3.09. The Labute approximate surface area is 766 Å². The number of alkyl halides is 2. The quantitative estimate of drug-likeness (QED) is 0.0418. The fraction of sp³-hybridized carbons (Fsp3) is 0.160. The van der Waals surface area contributed by atoms with Gasteiger partial charge in [0.2, 0.25) is 0 Å². The molecule has 0 aromatic heterocycles. The van der Waals surface area contributed by atoms with Crippen molar-refractivity contribution < 1.29 is 94.1 Å². The number of phenols is 1. The van der Waals surface area contributed by atoms with Gasteiger partial charge in [-0.15, -0.1) is 0 Å². The van der Waals surface area contributed by atoms with Gasteiger partial charge in [-0.3, -0.25) is 65.6 Å². The SMILES string of the molecule is Cc1ccc2c(c1)-c1ccc(F)cc1C21NC(=O)NC1=O.Cc1ccc2c(c1)C1(NC(=O)NC1=O)c1cc(Br)ccc1-2.Cc1ccc2c(c1)C1(NC(=O)NC1=O)c1cc(O)ccc1-2.Cc1ccc2c(c1)C1(NC(=O)NC1=O)c1ccc(OCC(F)F)cc1-2.Cc1ccc2c(c1)C1(NC(=O)NC1=O)c1ccc(OCN(C)C)cc1-2.O=C1NC(=O)C2(N1)c1cc(F)ccc1-c1c(F)cccc12. The van der Waals surface area contributed by atoms with E-state index in [0.29, 0.717) is 51.2 Å². The Morgan fingerprint density at radius 2 is 0.612 bits per heavy atom. The van der Waals surface area contributed by atoms with Crippen LogP contribution in [0.1, 0.15) is 94.6 Å². The largest absolute Gasteiger partial charge is 0.508 e. The summed E-state index contributed by atoms with van der Waals surface area (Å²) in [5.41, 5.74) is 14.1. The van der Waals surface area contributed by atoms with Crippen molar-refractivity contribution in [1.82, 2.24) is 68.7 Å². The van der Waals surface area contributed by atoms with Crippen LogP contribution in [0.4, 0.5) is 50.7 Å². The normalized spacial score (nSPS) is 21.4. The average molecular weight is 1870 g/mol. The molecule has 12 aromatic rings. The van der Waals surface area contributed by atoms with Crippen LogP contribution < -0.4 is 73.3 Å². The molecular weight excluding hydrogens is 1800 g/mol. The van der Waals surface area contributed by atoms with Gasteiger partial charge >= 0.3 is 36.2 Å². The van der Waals surface area contributed by atoms with Gasteiger partial charge in [0.05, 0.1) is 0 Å². The maximum atomic E-state index is 14.2. The Kier molecular flexibility index (Phi) is 20.7. The molecule has 672 valence electrons. The number of carbonyl (C=O) groups is 12. The Hall–Kier alpha value is -16.2. The van der Waals surface area contributed by atoms with Crippen molar-refractivity contribution in [2.24, 2.45) is 0 Å². The van der Waals surface area contributed by atoms with E-state index < -0.39 is 124 Å². The average Bonchev–Trinajstić information content (AvgIpc) is 1.57. The van der Waals surface area contributed by atoms with Crippen molar-refractivity contribution in [3.63, 3.8) is 0 Å². The third-order valence-corrected chi connectivity index (χ3v) is 26.0. The summed E-state index contributed by atoms with van der Waals surface area (Å²) in [6.45, 7) is 9.47. The van der Waals surface area contributed by atoms with E-state index >= 15 is 0 Å². The molecule has 6 saturated heterocycles. The molecule has 13 N–H and O–H groups in total. The van der Waals surface area contributed by atoms with E-state index in [1.807, 2.05) is 181 Å². The molecule has 6 atom stereocenters. The molecule has 34 heteroatoms. The third kappa shape index (κ3) is 13.4. The highest BCUT2D eigenvalue weighted by atomic mass is 79.9. The third-order valence-electron chi connectivity index (χ3n) is 25.5. The second-order valence-corrected chi connectivity index (χ2v) is 35.0. The van der Waals surface area contributed by atoms with Crippen LogP contribution in [0.15, 0.2) is 223 Å². The van der Waals surface area contributed by atoms with Gasteiger partial charge in [-0.25, -0.2) is 50.7 Å². The van der Waals surface area contributed by atoms with E-state index in [2.05, 4.69) is 79.7 Å². The predicted molar refractivity (Wildman–Crippen MR) is 480 cm³/mol. The number of rotatable bonds is 6. The zero-order valence-electron chi connectivity index (χ0n) is 71.7. The molecule has 18 amide bonds. The van der Waals surface area contributed by atoms with E-state index in [1.54, 1.807) is 36.4 Å². The van der Waals surface area contributed by atoms with Gasteiger partial charge in [-0.2, -0.15) is 0 Å². The van der Waals surface area contributed by atoms with E-state index in [9.17, 15) is 84.6 Å². The van der Waals surface area contributed by atoms with Gasteiger partial charge in [-0.1, -0.05) is 183 Å². The number of fused-ring (bicyclic) bond motifs is 30. The van der Waals surface area contributed by atoms with E-state index in [4.69, 9.17) is 9.47 Å². The standard InChI is InChI=1S/C19H19N3O3.C18H14F2N2O3.C16H11BrN2O2.C16H11FN2O2.C16H12N2O3.C15H8F2N2O2/c1-11-4-6-13-14-9-12(25-10-22(2)3)5-7-15(14)19(16(13)8-11)17(23)20-18(24)21-19;1-9-2-4-11-12-7-10(25-8-15(19)20)3-5-13(12)18(14(11)6-9)16(23)21-17(24)22-18;1-8-2-4-10-11-5-3-9(17)7-13(11)16(12(10)6-8)14(20)18-15(21)19-16;1-8-2-5-12-11(6-8)10-4-3-9(17)7-13(10)16(12)14(20)18-15(21)19-16;1-8-2-4-10-11-5-3-9(19)7-13(11)16(12(10)6-8)14(20)17-15(21)18-16;16-7-4-5-8-10(6-7)15(13(20)18-14(21)19-15)9-2-1-3-11(17)12(8)9/h4-9H,10H2,1-3H3,(H2,20,21,23,24);2-7,15H,8H2,1H3,(H2,21,22,23,24);2*2-7H,1H3,(H2,18,19,20,21);2-7,19H,1H3,(H2,17,18,20,21);1-6H,(H2,18,19,20,21). The number of nitrogens with one attached hydrogen (secondary N) is 12. The highest BCUT2D eigenvalue weighted by molar-refractivity contribution is 9.10. The molecule has 6 heterocycles. The van der Waals surface area contributed by atoms with Gasteiger partial charge in [0, 0.05) is 37.9 Å². The summed E-state index contributed by atoms with van der Waals surface area (Å²) in [5, 5.41) is 39.8. The molecule has 6 aliphatic heterocycles. The smallest absolute Gasteiger partial charge is 0.322 e. The van der Waals surface area contributed by atoms with Crippen molar-refractivity contribution in [2.75, 3.05) is 27.4 Å². The van der Waals surface area contributed by atoms with Crippen LogP contribution in [-0.4, -0.2) is 115 Å². The van der Waals surface area contributed by atoms with Crippen molar-refractivity contribution in [3.05, 3.63) is 335 Å². The van der Waals surface area contributed by atoms with Gasteiger partial charge in [0.25, 0.3) is 41.9 Å². The highest BCUT2D eigenvalue weighted by Gasteiger charge is 2.61. The summed E-state index contributed by atoms with van der Waals surface area (Å²) >= 11 is 3.45. The van der Waals surface area contributed by atoms with Crippen LogP contribution in [0, 0.1) is 52.1 Å². The van der Waals surface area contributed by atoms with Crippen molar-refractivity contribution in [2.45, 2.75) is 74.3 Å². The Balaban J connectivity index is 0.000000104. The monoisotopic (exact) mass is 1870 g/mol. The Morgan fingerprint density at radius 3 is 1.00 bits per heavy atom. The predicted octanol–water partition coefficient (Wildman–Crippen LogP) is 13.5. The molecule has 28 nitrogen and oxygen atoms in total. The van der Waals surface area contributed by atoms with Crippen LogP contribution in [0.3, 0.4) is 0 Å². The van der Waals surface area contributed by atoms with E-state index in [1.165, 1.54) is 48.5 Å². The summed E-state index contributed by atoms with van der Waals surface area (Å²) in [7, 11) is 3.86. The lowest BCUT2D eigenvalue weighted by atomic mass is 9.87.